The second kappa shape index (κ2) is 6.47. The summed E-state index contributed by atoms with van der Waals surface area (Å²) in [7, 11) is 0. The number of amides is 2. The molecule has 1 saturated heterocycles. The lowest BCUT2D eigenvalue weighted by atomic mass is 9.97. The van der Waals surface area contributed by atoms with Crippen LogP contribution < -0.4 is 11.1 Å². The number of aromatic nitrogens is 1. The van der Waals surface area contributed by atoms with Crippen LogP contribution in [-0.2, 0) is 9.59 Å². The number of hydrogen-bond donors (Lipinski definition) is 2. The lowest BCUT2D eigenvalue weighted by Crippen LogP contribution is -2.45. The van der Waals surface area contributed by atoms with Gasteiger partial charge in [-0.2, -0.15) is 0 Å². The molecule has 3 N–H and O–H groups in total. The minimum atomic E-state index is -0.193. The summed E-state index contributed by atoms with van der Waals surface area (Å²) in [5, 5.41) is 2.81. The average molecular weight is 276 g/mol. The van der Waals surface area contributed by atoms with E-state index in [0.29, 0.717) is 18.9 Å². The molecule has 0 aliphatic carbocycles. The van der Waals surface area contributed by atoms with Gasteiger partial charge < -0.3 is 16.0 Å². The number of nitrogens with one attached hydrogen (secondary N) is 1. The fourth-order valence-electron chi connectivity index (χ4n) is 2.39. The SMILES string of the molecule is Cc1cccc(NC(=O)C2CCCN(C(=O)CN)C2)n1. The third kappa shape index (κ3) is 3.54. The maximum atomic E-state index is 12.2. The molecular formula is C14H20N4O2. The maximum Gasteiger partial charge on any atom is 0.236 e. The second-order valence-electron chi connectivity index (χ2n) is 5.04. The fourth-order valence-corrected chi connectivity index (χ4v) is 2.39. The molecule has 2 rings (SSSR count). The van der Waals surface area contributed by atoms with E-state index in [-0.39, 0.29) is 24.3 Å². The minimum absolute atomic E-state index is 0.00618. The molecule has 0 aromatic carbocycles. The van der Waals surface area contributed by atoms with Crippen LogP contribution in [0.2, 0.25) is 0 Å². The first kappa shape index (κ1) is 14.5. The van der Waals surface area contributed by atoms with E-state index in [1.54, 1.807) is 11.0 Å². The zero-order valence-corrected chi connectivity index (χ0v) is 11.6. The molecule has 1 aromatic rings. The summed E-state index contributed by atoms with van der Waals surface area (Å²) in [6.45, 7) is 2.99. The van der Waals surface area contributed by atoms with Crippen molar-refractivity contribution in [3.8, 4) is 0 Å². The molecule has 0 bridgehead atoms. The van der Waals surface area contributed by atoms with Gasteiger partial charge in [-0.3, -0.25) is 9.59 Å². The molecular weight excluding hydrogens is 256 g/mol. The molecule has 20 heavy (non-hydrogen) atoms. The molecule has 1 aliphatic rings. The van der Waals surface area contributed by atoms with Gasteiger partial charge in [-0.15, -0.1) is 0 Å². The summed E-state index contributed by atoms with van der Waals surface area (Å²) >= 11 is 0. The second-order valence-corrected chi connectivity index (χ2v) is 5.04. The highest BCUT2D eigenvalue weighted by Crippen LogP contribution is 2.18. The Morgan fingerprint density at radius 2 is 2.30 bits per heavy atom. The number of aryl methyl sites for hydroxylation is 1. The molecule has 0 radical (unpaired) electrons. The monoisotopic (exact) mass is 276 g/mol. The van der Waals surface area contributed by atoms with E-state index in [9.17, 15) is 9.59 Å². The summed E-state index contributed by atoms with van der Waals surface area (Å²) in [6.07, 6.45) is 1.61. The lowest BCUT2D eigenvalue weighted by Gasteiger charge is -2.31. The number of likely N-dealkylation sites (tertiary alicyclic amines) is 1. The van der Waals surface area contributed by atoms with Crippen molar-refractivity contribution >= 4 is 17.6 Å². The standard InChI is InChI=1S/C14H20N4O2/c1-10-4-2-6-12(16-10)17-14(20)11-5-3-7-18(9-11)13(19)8-15/h2,4,6,11H,3,5,7-9,15H2,1H3,(H,16,17,20). The van der Waals surface area contributed by atoms with E-state index in [1.165, 1.54) is 0 Å². The van der Waals surface area contributed by atoms with Crippen molar-refractivity contribution in [3.05, 3.63) is 23.9 Å². The Kier molecular flexibility index (Phi) is 4.68. The molecule has 1 atom stereocenters. The topological polar surface area (TPSA) is 88.3 Å². The Balaban J connectivity index is 1.97. The Hall–Kier alpha value is -1.95. The van der Waals surface area contributed by atoms with Gasteiger partial charge in [0.1, 0.15) is 5.82 Å². The van der Waals surface area contributed by atoms with Gasteiger partial charge in [0.05, 0.1) is 12.5 Å². The van der Waals surface area contributed by atoms with E-state index in [0.717, 1.165) is 18.5 Å². The van der Waals surface area contributed by atoms with Crippen molar-refractivity contribution < 1.29 is 9.59 Å². The third-order valence-electron chi connectivity index (χ3n) is 3.46. The van der Waals surface area contributed by atoms with Crippen LogP contribution in [0.5, 0.6) is 0 Å². The smallest absolute Gasteiger partial charge is 0.236 e. The first-order valence-electron chi connectivity index (χ1n) is 6.82. The molecule has 1 aromatic heterocycles. The quantitative estimate of drug-likeness (QED) is 0.842. The zero-order chi connectivity index (χ0) is 14.5. The number of nitrogens with two attached hydrogens (primary N) is 1. The van der Waals surface area contributed by atoms with Crippen LogP contribution in [0.25, 0.3) is 0 Å². The van der Waals surface area contributed by atoms with Crippen molar-refractivity contribution in [3.63, 3.8) is 0 Å². The Morgan fingerprint density at radius 3 is 3.00 bits per heavy atom. The summed E-state index contributed by atoms with van der Waals surface area (Å²) in [5.41, 5.74) is 6.22. The summed E-state index contributed by atoms with van der Waals surface area (Å²) in [4.78, 5) is 29.7. The number of nitrogens with zero attached hydrogens (tertiary/aromatic N) is 2. The number of carbonyl (C=O) groups excluding carboxylic acids is 2. The van der Waals surface area contributed by atoms with E-state index in [4.69, 9.17) is 5.73 Å². The van der Waals surface area contributed by atoms with E-state index >= 15 is 0 Å². The first-order chi connectivity index (χ1) is 9.60. The highest BCUT2D eigenvalue weighted by Gasteiger charge is 2.27. The molecule has 0 spiro atoms. The molecule has 6 nitrogen and oxygen atoms in total. The molecule has 1 unspecified atom stereocenters. The van der Waals surface area contributed by atoms with Gasteiger partial charge in [0.15, 0.2) is 0 Å². The highest BCUT2D eigenvalue weighted by molar-refractivity contribution is 5.92. The van der Waals surface area contributed by atoms with Crippen molar-refractivity contribution in [2.24, 2.45) is 11.7 Å². The maximum absolute atomic E-state index is 12.2. The highest BCUT2D eigenvalue weighted by atomic mass is 16.2. The molecule has 2 amide bonds. The van der Waals surface area contributed by atoms with E-state index in [2.05, 4.69) is 10.3 Å². The van der Waals surface area contributed by atoms with Crippen molar-refractivity contribution in [2.45, 2.75) is 19.8 Å². The number of piperidine rings is 1. The lowest BCUT2D eigenvalue weighted by molar-refractivity contribution is -0.133. The van der Waals surface area contributed by atoms with Crippen LogP contribution in [0.3, 0.4) is 0 Å². The number of rotatable bonds is 3. The molecule has 1 fully saturated rings. The predicted octanol–water partition coefficient (Wildman–Crippen LogP) is 0.526. The Bertz CT molecular complexity index is 504. The Morgan fingerprint density at radius 1 is 1.50 bits per heavy atom. The van der Waals surface area contributed by atoms with Crippen LogP contribution >= 0.6 is 0 Å². The third-order valence-corrected chi connectivity index (χ3v) is 3.46. The van der Waals surface area contributed by atoms with Crippen molar-refractivity contribution in [1.82, 2.24) is 9.88 Å². The summed E-state index contributed by atoms with van der Waals surface area (Å²) in [6, 6.07) is 5.48. The van der Waals surface area contributed by atoms with Gasteiger partial charge in [-0.1, -0.05) is 6.07 Å². The Labute approximate surface area is 118 Å². The zero-order valence-electron chi connectivity index (χ0n) is 11.6. The van der Waals surface area contributed by atoms with Gasteiger partial charge in [-0.25, -0.2) is 4.98 Å². The van der Waals surface area contributed by atoms with Gasteiger partial charge in [0.25, 0.3) is 0 Å². The van der Waals surface area contributed by atoms with E-state index < -0.39 is 0 Å². The average Bonchev–Trinajstić information content (AvgIpc) is 2.46. The van der Waals surface area contributed by atoms with Gasteiger partial charge >= 0.3 is 0 Å². The van der Waals surface area contributed by atoms with Gasteiger partial charge in [-0.05, 0) is 31.9 Å². The molecule has 108 valence electrons. The number of anilines is 1. The summed E-state index contributed by atoms with van der Waals surface area (Å²) < 4.78 is 0. The molecule has 2 heterocycles. The number of hydrogen-bond acceptors (Lipinski definition) is 4. The molecule has 1 aliphatic heterocycles. The van der Waals surface area contributed by atoms with Crippen LogP contribution in [0.15, 0.2) is 18.2 Å². The van der Waals surface area contributed by atoms with Crippen LogP contribution in [-0.4, -0.2) is 41.3 Å². The number of carbonyl (C=O) groups is 2. The van der Waals surface area contributed by atoms with Crippen molar-refractivity contribution in [2.75, 3.05) is 25.0 Å². The molecule has 0 saturated carbocycles. The predicted molar refractivity (Wildman–Crippen MR) is 76.0 cm³/mol. The molecule has 6 heteroatoms. The van der Waals surface area contributed by atoms with Gasteiger partial charge in [0, 0.05) is 18.8 Å². The van der Waals surface area contributed by atoms with Crippen LogP contribution in [0, 0.1) is 12.8 Å². The first-order valence-corrected chi connectivity index (χ1v) is 6.82. The van der Waals surface area contributed by atoms with Crippen LogP contribution in [0.1, 0.15) is 18.5 Å². The van der Waals surface area contributed by atoms with Crippen LogP contribution in [0.4, 0.5) is 5.82 Å². The fraction of sp³-hybridized carbons (Fsp3) is 0.500. The number of pyridine rings is 1. The summed E-state index contributed by atoms with van der Waals surface area (Å²) in [5.74, 6) is 0.174. The normalized spacial score (nSPS) is 18.7. The minimum Gasteiger partial charge on any atom is -0.341 e. The van der Waals surface area contributed by atoms with Crippen molar-refractivity contribution in [1.29, 1.82) is 0 Å². The van der Waals surface area contributed by atoms with E-state index in [1.807, 2.05) is 19.1 Å². The van der Waals surface area contributed by atoms with Gasteiger partial charge in [0.2, 0.25) is 11.8 Å². The largest absolute Gasteiger partial charge is 0.341 e.